The van der Waals surface area contributed by atoms with Gasteiger partial charge in [-0.25, -0.2) is 0 Å². The number of rotatable bonds is 7. The molecule has 0 aromatic heterocycles. The Morgan fingerprint density at radius 3 is 1.93 bits per heavy atom. The average Bonchev–Trinajstić information content (AvgIpc) is 2.09. The van der Waals surface area contributed by atoms with Gasteiger partial charge in [-0.05, 0) is 23.8 Å². The minimum Gasteiger partial charge on any atom is -0.381 e. The van der Waals surface area contributed by atoms with E-state index in [1.54, 1.807) is 0 Å². The maximum absolute atomic E-state index is 5.78. The Morgan fingerprint density at radius 1 is 1.00 bits per heavy atom. The van der Waals surface area contributed by atoms with Gasteiger partial charge in [0.2, 0.25) is 0 Å². The molecule has 2 heteroatoms. The summed E-state index contributed by atoms with van der Waals surface area (Å²) in [4.78, 5) is 0. The molecule has 0 spiro atoms. The Labute approximate surface area is 97.6 Å². The molecular formula is C13H30OSi. The van der Waals surface area contributed by atoms with E-state index in [4.69, 9.17) is 4.74 Å². The van der Waals surface area contributed by atoms with E-state index < -0.39 is 8.07 Å². The van der Waals surface area contributed by atoms with Crippen LogP contribution in [0, 0.1) is 17.8 Å². The Bertz CT molecular complexity index is 160. The molecule has 0 aliphatic carbocycles. The van der Waals surface area contributed by atoms with Gasteiger partial charge in [0.25, 0.3) is 0 Å². The van der Waals surface area contributed by atoms with Gasteiger partial charge in [-0.1, -0.05) is 47.3 Å². The molecule has 0 heterocycles. The van der Waals surface area contributed by atoms with Crippen LogP contribution in [0.4, 0.5) is 0 Å². The van der Waals surface area contributed by atoms with E-state index >= 15 is 0 Å². The first-order valence-electron chi connectivity index (χ1n) is 6.32. The van der Waals surface area contributed by atoms with E-state index in [2.05, 4.69) is 47.3 Å². The summed E-state index contributed by atoms with van der Waals surface area (Å²) in [6.45, 7) is 18.3. The van der Waals surface area contributed by atoms with Gasteiger partial charge in [0.05, 0.1) is 0 Å². The third-order valence-electron chi connectivity index (χ3n) is 3.33. The molecular weight excluding hydrogens is 200 g/mol. The summed E-state index contributed by atoms with van der Waals surface area (Å²) in [5.41, 5.74) is 0. The van der Waals surface area contributed by atoms with Crippen molar-refractivity contribution in [1.82, 2.24) is 0 Å². The zero-order chi connectivity index (χ0) is 12.1. The van der Waals surface area contributed by atoms with Crippen LogP contribution in [0.1, 0.15) is 27.7 Å². The minimum absolute atomic E-state index is 0.687. The molecule has 0 fully saturated rings. The fraction of sp³-hybridized carbons (Fsp3) is 1.00. The van der Waals surface area contributed by atoms with Crippen molar-refractivity contribution in [3.63, 3.8) is 0 Å². The molecule has 2 unspecified atom stereocenters. The summed E-state index contributed by atoms with van der Waals surface area (Å²) in [6.07, 6.45) is 0. The Morgan fingerprint density at radius 2 is 1.53 bits per heavy atom. The quantitative estimate of drug-likeness (QED) is 0.469. The summed E-state index contributed by atoms with van der Waals surface area (Å²) in [6, 6.07) is 1.29. The molecule has 0 N–H and O–H groups in total. The fourth-order valence-corrected chi connectivity index (χ4v) is 2.21. The summed E-state index contributed by atoms with van der Waals surface area (Å²) in [5, 5.41) is 0. The molecule has 1 nitrogen and oxygen atoms in total. The Hall–Kier alpha value is 0.177. The van der Waals surface area contributed by atoms with E-state index in [0.29, 0.717) is 5.92 Å². The smallest absolute Gasteiger partial charge is 0.0494 e. The first-order chi connectivity index (χ1) is 6.74. The fourth-order valence-electron chi connectivity index (χ4n) is 1.46. The lowest BCUT2D eigenvalue weighted by molar-refractivity contribution is 0.0856. The monoisotopic (exact) mass is 230 g/mol. The molecule has 0 aromatic carbocycles. The van der Waals surface area contributed by atoms with Crippen molar-refractivity contribution in [2.24, 2.45) is 17.8 Å². The predicted octanol–water partition coefficient (Wildman–Crippen LogP) is 4.27. The molecule has 92 valence electrons. The molecule has 0 rings (SSSR count). The lowest BCUT2D eigenvalue weighted by atomic mass is 9.87. The van der Waals surface area contributed by atoms with Crippen LogP contribution in [-0.2, 0) is 4.74 Å². The highest BCUT2D eigenvalue weighted by molar-refractivity contribution is 6.76. The highest BCUT2D eigenvalue weighted by atomic mass is 28.3. The number of hydrogen-bond donors (Lipinski definition) is 0. The SMILES string of the molecule is CC(C)C(C)C(C)COCC[Si](C)(C)C. The molecule has 0 aliphatic heterocycles. The zero-order valence-corrected chi connectivity index (χ0v) is 12.8. The maximum atomic E-state index is 5.78. The van der Waals surface area contributed by atoms with Crippen molar-refractivity contribution in [2.45, 2.75) is 53.4 Å². The van der Waals surface area contributed by atoms with Crippen molar-refractivity contribution >= 4 is 8.07 Å². The van der Waals surface area contributed by atoms with E-state index in [9.17, 15) is 0 Å². The average molecular weight is 230 g/mol. The normalized spacial score (nSPS) is 16.8. The first-order valence-corrected chi connectivity index (χ1v) is 10.0. The van der Waals surface area contributed by atoms with Crippen LogP contribution in [-0.4, -0.2) is 21.3 Å². The van der Waals surface area contributed by atoms with Crippen molar-refractivity contribution in [1.29, 1.82) is 0 Å². The standard InChI is InChI=1S/C13H30OSi/c1-11(2)13(4)12(3)10-14-8-9-15(5,6)7/h11-13H,8-10H2,1-7H3. The van der Waals surface area contributed by atoms with Gasteiger partial charge < -0.3 is 4.74 Å². The van der Waals surface area contributed by atoms with Crippen LogP contribution in [0.3, 0.4) is 0 Å². The van der Waals surface area contributed by atoms with Crippen molar-refractivity contribution in [3.05, 3.63) is 0 Å². The third-order valence-corrected chi connectivity index (χ3v) is 5.03. The van der Waals surface area contributed by atoms with Crippen LogP contribution in [0.2, 0.25) is 25.7 Å². The van der Waals surface area contributed by atoms with Crippen LogP contribution >= 0.6 is 0 Å². The summed E-state index contributed by atoms with van der Waals surface area (Å²) in [7, 11) is -0.903. The van der Waals surface area contributed by atoms with Crippen molar-refractivity contribution in [2.75, 3.05) is 13.2 Å². The minimum atomic E-state index is -0.903. The van der Waals surface area contributed by atoms with Crippen molar-refractivity contribution < 1.29 is 4.74 Å². The molecule has 2 atom stereocenters. The molecule has 0 radical (unpaired) electrons. The van der Waals surface area contributed by atoms with E-state index in [0.717, 1.165) is 25.0 Å². The van der Waals surface area contributed by atoms with E-state index in [1.807, 2.05) is 0 Å². The molecule has 0 saturated heterocycles. The van der Waals surface area contributed by atoms with Gasteiger partial charge in [0, 0.05) is 21.3 Å². The maximum Gasteiger partial charge on any atom is 0.0494 e. The van der Waals surface area contributed by atoms with Crippen LogP contribution in [0.5, 0.6) is 0 Å². The predicted molar refractivity (Wildman–Crippen MR) is 72.1 cm³/mol. The largest absolute Gasteiger partial charge is 0.381 e. The highest BCUT2D eigenvalue weighted by Crippen LogP contribution is 2.20. The molecule has 0 aromatic rings. The highest BCUT2D eigenvalue weighted by Gasteiger charge is 2.17. The van der Waals surface area contributed by atoms with Crippen LogP contribution in [0.25, 0.3) is 0 Å². The van der Waals surface area contributed by atoms with E-state index in [1.165, 1.54) is 6.04 Å². The van der Waals surface area contributed by atoms with Gasteiger partial charge in [-0.15, -0.1) is 0 Å². The van der Waals surface area contributed by atoms with Gasteiger partial charge >= 0.3 is 0 Å². The Kier molecular flexibility index (Phi) is 6.77. The summed E-state index contributed by atoms with van der Waals surface area (Å²) >= 11 is 0. The van der Waals surface area contributed by atoms with E-state index in [-0.39, 0.29) is 0 Å². The first kappa shape index (κ1) is 15.2. The van der Waals surface area contributed by atoms with Crippen LogP contribution < -0.4 is 0 Å². The Balaban J connectivity index is 3.60. The van der Waals surface area contributed by atoms with Gasteiger partial charge in [0.1, 0.15) is 0 Å². The summed E-state index contributed by atoms with van der Waals surface area (Å²) < 4.78 is 5.78. The second kappa shape index (κ2) is 6.69. The molecule has 0 saturated carbocycles. The molecule has 0 bridgehead atoms. The second-order valence-corrected chi connectivity index (χ2v) is 12.1. The third kappa shape index (κ3) is 8.03. The topological polar surface area (TPSA) is 9.23 Å². The summed E-state index contributed by atoms with van der Waals surface area (Å²) in [5.74, 6) is 2.21. The van der Waals surface area contributed by atoms with Gasteiger partial charge in [-0.3, -0.25) is 0 Å². The molecule has 15 heavy (non-hydrogen) atoms. The number of hydrogen-bond acceptors (Lipinski definition) is 1. The zero-order valence-electron chi connectivity index (χ0n) is 11.8. The lowest BCUT2D eigenvalue weighted by Crippen LogP contribution is -2.24. The van der Waals surface area contributed by atoms with Gasteiger partial charge in [0.15, 0.2) is 0 Å². The number of ether oxygens (including phenoxy) is 1. The second-order valence-electron chi connectivity index (χ2n) is 6.47. The molecule has 0 amide bonds. The molecule has 0 aliphatic rings. The van der Waals surface area contributed by atoms with Crippen LogP contribution in [0.15, 0.2) is 0 Å². The van der Waals surface area contributed by atoms with Gasteiger partial charge in [-0.2, -0.15) is 0 Å². The lowest BCUT2D eigenvalue weighted by Gasteiger charge is -2.24. The van der Waals surface area contributed by atoms with Crippen molar-refractivity contribution in [3.8, 4) is 0 Å².